The molecule has 32 heavy (non-hydrogen) atoms. The molecular formula is C26H35N5O. The van der Waals surface area contributed by atoms with E-state index in [1.165, 1.54) is 16.6 Å². The highest BCUT2D eigenvalue weighted by molar-refractivity contribution is 5.79. The van der Waals surface area contributed by atoms with Gasteiger partial charge in [-0.2, -0.15) is 0 Å². The number of aliphatic imine (C=N–C) groups is 1. The van der Waals surface area contributed by atoms with Crippen LogP contribution in [0.15, 0.2) is 53.5 Å². The molecule has 0 spiro atoms. The number of aryl methyl sites for hydroxylation is 3. The van der Waals surface area contributed by atoms with Crippen LogP contribution in [0.3, 0.4) is 0 Å². The van der Waals surface area contributed by atoms with E-state index < -0.39 is 0 Å². The summed E-state index contributed by atoms with van der Waals surface area (Å²) in [4.78, 5) is 9.13. The third-order valence-electron chi connectivity index (χ3n) is 6.68. The molecule has 0 bridgehead atoms. The van der Waals surface area contributed by atoms with E-state index in [4.69, 9.17) is 4.74 Å². The summed E-state index contributed by atoms with van der Waals surface area (Å²) in [5.74, 6) is 1.92. The fraction of sp³-hybridized carbons (Fsp3) is 0.462. The summed E-state index contributed by atoms with van der Waals surface area (Å²) in [5.41, 5.74) is 5.12. The van der Waals surface area contributed by atoms with E-state index in [-0.39, 0.29) is 5.41 Å². The van der Waals surface area contributed by atoms with Crippen LogP contribution in [0, 0.1) is 13.8 Å². The number of guanidine groups is 1. The van der Waals surface area contributed by atoms with Crippen LogP contribution in [0.25, 0.3) is 11.0 Å². The number of ether oxygens (including phenoxy) is 1. The van der Waals surface area contributed by atoms with Crippen LogP contribution in [-0.4, -0.2) is 48.9 Å². The molecule has 0 amide bonds. The number of nitrogens with one attached hydrogen (secondary N) is 2. The number of rotatable bonds is 7. The fourth-order valence-electron chi connectivity index (χ4n) is 4.87. The Kier molecular flexibility index (Phi) is 7.10. The average molecular weight is 434 g/mol. The Bertz CT molecular complexity index is 1070. The van der Waals surface area contributed by atoms with Crippen LogP contribution >= 0.6 is 0 Å². The first-order chi connectivity index (χ1) is 15.6. The van der Waals surface area contributed by atoms with Gasteiger partial charge in [-0.15, -0.1) is 0 Å². The average Bonchev–Trinajstić information content (AvgIpc) is 3.14. The van der Waals surface area contributed by atoms with Crippen molar-refractivity contribution in [3.05, 3.63) is 65.5 Å². The van der Waals surface area contributed by atoms with Crippen LogP contribution in [0.4, 0.5) is 0 Å². The summed E-state index contributed by atoms with van der Waals surface area (Å²) in [5, 5.41) is 7.10. The second kappa shape index (κ2) is 10.2. The summed E-state index contributed by atoms with van der Waals surface area (Å²) in [7, 11) is 1.84. The molecule has 1 fully saturated rings. The molecule has 0 unspecified atom stereocenters. The number of hydrogen-bond donors (Lipinski definition) is 2. The van der Waals surface area contributed by atoms with E-state index in [1.807, 2.05) is 13.1 Å². The van der Waals surface area contributed by atoms with Crippen molar-refractivity contribution in [2.75, 3.05) is 33.4 Å². The van der Waals surface area contributed by atoms with Gasteiger partial charge in [0.2, 0.25) is 0 Å². The fourth-order valence-corrected chi connectivity index (χ4v) is 4.87. The van der Waals surface area contributed by atoms with Crippen molar-refractivity contribution in [2.24, 2.45) is 4.99 Å². The molecule has 2 aromatic carbocycles. The van der Waals surface area contributed by atoms with Gasteiger partial charge in [-0.25, -0.2) is 4.98 Å². The van der Waals surface area contributed by atoms with Crippen molar-refractivity contribution in [3.8, 4) is 0 Å². The second-order valence-electron chi connectivity index (χ2n) is 8.71. The Morgan fingerprint density at radius 3 is 2.59 bits per heavy atom. The minimum absolute atomic E-state index is 0.0774. The van der Waals surface area contributed by atoms with Crippen molar-refractivity contribution >= 4 is 17.0 Å². The lowest BCUT2D eigenvalue weighted by Crippen LogP contribution is -2.48. The molecule has 2 heterocycles. The SMILES string of the molecule is CN=C(NCCCn1c(C)nc2ccccc21)NCC1(c2ccccc2C)CCOCC1. The summed E-state index contributed by atoms with van der Waals surface area (Å²) >= 11 is 0. The zero-order chi connectivity index (χ0) is 22.4. The number of nitrogens with zero attached hydrogens (tertiary/aromatic N) is 3. The number of hydrogen-bond acceptors (Lipinski definition) is 3. The highest BCUT2D eigenvalue weighted by Crippen LogP contribution is 2.36. The Labute approximate surface area is 191 Å². The Morgan fingerprint density at radius 2 is 1.81 bits per heavy atom. The summed E-state index contributed by atoms with van der Waals surface area (Å²) in [6.45, 7) is 8.54. The maximum absolute atomic E-state index is 5.69. The largest absolute Gasteiger partial charge is 0.381 e. The first-order valence-electron chi connectivity index (χ1n) is 11.6. The quantitative estimate of drug-likeness (QED) is 0.336. The highest BCUT2D eigenvalue weighted by atomic mass is 16.5. The van der Waals surface area contributed by atoms with Crippen molar-refractivity contribution in [1.29, 1.82) is 0 Å². The molecule has 6 nitrogen and oxygen atoms in total. The van der Waals surface area contributed by atoms with Gasteiger partial charge in [0.05, 0.1) is 11.0 Å². The van der Waals surface area contributed by atoms with Gasteiger partial charge in [-0.05, 0) is 56.4 Å². The molecule has 0 saturated carbocycles. The van der Waals surface area contributed by atoms with Gasteiger partial charge in [-0.1, -0.05) is 36.4 Å². The minimum atomic E-state index is 0.0774. The Morgan fingerprint density at radius 1 is 1.06 bits per heavy atom. The number of benzene rings is 2. The standard InChI is InChI=1S/C26H35N5O/c1-20-9-4-5-10-22(20)26(13-17-32-18-14-26)19-29-25(27-3)28-15-8-16-31-21(2)30-23-11-6-7-12-24(23)31/h4-7,9-12H,8,13-19H2,1-3H3,(H2,27,28,29). The lowest BCUT2D eigenvalue weighted by atomic mass is 9.72. The van der Waals surface area contributed by atoms with E-state index in [0.717, 1.165) is 69.4 Å². The zero-order valence-electron chi connectivity index (χ0n) is 19.5. The first-order valence-corrected chi connectivity index (χ1v) is 11.6. The molecule has 2 N–H and O–H groups in total. The third-order valence-corrected chi connectivity index (χ3v) is 6.68. The van der Waals surface area contributed by atoms with E-state index >= 15 is 0 Å². The molecule has 3 aromatic rings. The van der Waals surface area contributed by atoms with Crippen LogP contribution in [0.5, 0.6) is 0 Å². The van der Waals surface area contributed by atoms with Gasteiger partial charge >= 0.3 is 0 Å². The van der Waals surface area contributed by atoms with Crippen molar-refractivity contribution in [2.45, 2.75) is 45.1 Å². The van der Waals surface area contributed by atoms with Crippen LogP contribution in [-0.2, 0) is 16.7 Å². The molecule has 4 rings (SSSR count). The molecule has 1 saturated heterocycles. The molecule has 170 valence electrons. The molecular weight excluding hydrogens is 398 g/mol. The van der Waals surface area contributed by atoms with Crippen molar-refractivity contribution < 1.29 is 4.74 Å². The van der Waals surface area contributed by atoms with Gasteiger partial charge in [0.25, 0.3) is 0 Å². The van der Waals surface area contributed by atoms with Gasteiger partial charge in [0.1, 0.15) is 5.82 Å². The van der Waals surface area contributed by atoms with Crippen LogP contribution < -0.4 is 10.6 Å². The van der Waals surface area contributed by atoms with Gasteiger partial charge in [0, 0.05) is 45.3 Å². The van der Waals surface area contributed by atoms with Crippen molar-refractivity contribution in [1.82, 2.24) is 20.2 Å². The molecule has 0 atom stereocenters. The van der Waals surface area contributed by atoms with Gasteiger partial charge in [0.15, 0.2) is 5.96 Å². The first kappa shape index (κ1) is 22.3. The number of para-hydroxylation sites is 2. The van der Waals surface area contributed by atoms with Crippen LogP contribution in [0.1, 0.15) is 36.2 Å². The van der Waals surface area contributed by atoms with Gasteiger partial charge < -0.3 is 19.9 Å². The smallest absolute Gasteiger partial charge is 0.191 e. The second-order valence-corrected chi connectivity index (χ2v) is 8.71. The topological polar surface area (TPSA) is 63.5 Å². The molecule has 1 aromatic heterocycles. The summed E-state index contributed by atoms with van der Waals surface area (Å²) in [6.07, 6.45) is 3.04. The summed E-state index contributed by atoms with van der Waals surface area (Å²) < 4.78 is 7.99. The predicted molar refractivity (Wildman–Crippen MR) is 131 cm³/mol. The molecule has 1 aliphatic rings. The molecule has 0 radical (unpaired) electrons. The van der Waals surface area contributed by atoms with Crippen molar-refractivity contribution in [3.63, 3.8) is 0 Å². The van der Waals surface area contributed by atoms with E-state index in [0.29, 0.717) is 0 Å². The Hall–Kier alpha value is -2.86. The Balaban J connectivity index is 1.34. The predicted octanol–water partition coefficient (Wildman–Crippen LogP) is 3.96. The van der Waals surface area contributed by atoms with E-state index in [2.05, 4.69) is 81.5 Å². The van der Waals surface area contributed by atoms with E-state index in [9.17, 15) is 0 Å². The minimum Gasteiger partial charge on any atom is -0.381 e. The number of fused-ring (bicyclic) bond motifs is 1. The lowest BCUT2D eigenvalue weighted by Gasteiger charge is -2.39. The number of imidazole rings is 1. The summed E-state index contributed by atoms with van der Waals surface area (Å²) in [6, 6.07) is 17.1. The number of aromatic nitrogens is 2. The zero-order valence-corrected chi connectivity index (χ0v) is 19.5. The third kappa shape index (κ3) is 4.80. The maximum atomic E-state index is 5.69. The normalized spacial score (nSPS) is 16.3. The molecule has 0 aliphatic carbocycles. The molecule has 1 aliphatic heterocycles. The van der Waals surface area contributed by atoms with Crippen LogP contribution in [0.2, 0.25) is 0 Å². The van der Waals surface area contributed by atoms with Gasteiger partial charge in [-0.3, -0.25) is 4.99 Å². The monoisotopic (exact) mass is 433 g/mol. The lowest BCUT2D eigenvalue weighted by molar-refractivity contribution is 0.0512. The van der Waals surface area contributed by atoms with E-state index in [1.54, 1.807) is 0 Å². The highest BCUT2D eigenvalue weighted by Gasteiger charge is 2.35. The maximum Gasteiger partial charge on any atom is 0.191 e. The molecule has 6 heteroatoms.